The number of aromatic nitrogens is 1. The number of benzene rings is 2. The van der Waals surface area contributed by atoms with E-state index in [-0.39, 0.29) is 5.97 Å². The number of hydrogen-bond donors (Lipinski definition) is 1. The SMILES string of the molecule is CCOC(=O)CCc1ccc(OCC2CCCC2)c(-c2ccc3nc(N)sc3c2)c1. The summed E-state index contributed by atoms with van der Waals surface area (Å²) in [5.41, 5.74) is 10.0. The summed E-state index contributed by atoms with van der Waals surface area (Å²) in [6.07, 6.45) is 6.12. The Balaban J connectivity index is 1.61. The molecule has 0 saturated heterocycles. The van der Waals surface area contributed by atoms with Gasteiger partial charge in [-0.3, -0.25) is 4.79 Å². The summed E-state index contributed by atoms with van der Waals surface area (Å²) in [5, 5.41) is 0.572. The number of thiazole rings is 1. The van der Waals surface area contributed by atoms with Gasteiger partial charge in [0.05, 0.1) is 23.4 Å². The number of ether oxygens (including phenoxy) is 2. The first-order chi connectivity index (χ1) is 14.6. The number of nitrogens with zero attached hydrogens (tertiary/aromatic N) is 1. The van der Waals surface area contributed by atoms with Crippen LogP contribution in [0.25, 0.3) is 21.3 Å². The third-order valence-electron chi connectivity index (χ3n) is 5.63. The quantitative estimate of drug-likeness (QED) is 0.476. The van der Waals surface area contributed by atoms with E-state index in [1.165, 1.54) is 37.0 Å². The van der Waals surface area contributed by atoms with Gasteiger partial charge in [0.25, 0.3) is 0 Å². The molecule has 1 aromatic heterocycles. The molecule has 0 spiro atoms. The molecule has 4 rings (SSSR count). The summed E-state index contributed by atoms with van der Waals surface area (Å²) in [5.74, 6) is 1.37. The van der Waals surface area contributed by atoms with E-state index in [9.17, 15) is 4.79 Å². The fourth-order valence-corrected chi connectivity index (χ4v) is 4.83. The molecule has 2 N–H and O–H groups in total. The van der Waals surface area contributed by atoms with Gasteiger partial charge in [0, 0.05) is 12.0 Å². The Morgan fingerprint density at radius 2 is 2.03 bits per heavy atom. The number of anilines is 1. The molecule has 0 radical (unpaired) electrons. The summed E-state index contributed by atoms with van der Waals surface area (Å²) in [7, 11) is 0. The Morgan fingerprint density at radius 1 is 1.20 bits per heavy atom. The summed E-state index contributed by atoms with van der Waals surface area (Å²) in [4.78, 5) is 16.1. The lowest BCUT2D eigenvalue weighted by Crippen LogP contribution is -2.09. The Hall–Kier alpha value is -2.60. The van der Waals surface area contributed by atoms with Gasteiger partial charge in [-0.25, -0.2) is 4.98 Å². The fraction of sp³-hybridized carbons (Fsp3) is 0.417. The number of hydrogen-bond acceptors (Lipinski definition) is 6. The van der Waals surface area contributed by atoms with Gasteiger partial charge < -0.3 is 15.2 Å². The third-order valence-corrected chi connectivity index (χ3v) is 6.48. The van der Waals surface area contributed by atoms with E-state index < -0.39 is 0 Å². The van der Waals surface area contributed by atoms with Crippen LogP contribution in [0.15, 0.2) is 36.4 Å². The number of nitrogen functional groups attached to an aromatic ring is 1. The van der Waals surface area contributed by atoms with Crippen LogP contribution in [0.2, 0.25) is 0 Å². The normalized spacial score (nSPS) is 14.3. The molecule has 1 aliphatic rings. The molecule has 0 atom stereocenters. The molecule has 0 aliphatic heterocycles. The molecule has 0 amide bonds. The van der Waals surface area contributed by atoms with Crippen molar-refractivity contribution in [1.82, 2.24) is 4.98 Å². The van der Waals surface area contributed by atoms with Crippen molar-refractivity contribution in [1.29, 1.82) is 0 Å². The molecule has 1 saturated carbocycles. The molecule has 6 heteroatoms. The molecule has 0 unspecified atom stereocenters. The van der Waals surface area contributed by atoms with Crippen molar-refractivity contribution in [3.05, 3.63) is 42.0 Å². The summed E-state index contributed by atoms with van der Waals surface area (Å²) < 4.78 is 12.4. The maximum atomic E-state index is 11.8. The van der Waals surface area contributed by atoms with Crippen molar-refractivity contribution in [2.45, 2.75) is 45.4 Å². The number of carbonyl (C=O) groups excluding carboxylic acids is 1. The molecule has 2 aromatic carbocycles. The van der Waals surface area contributed by atoms with Crippen molar-refractivity contribution in [3.63, 3.8) is 0 Å². The van der Waals surface area contributed by atoms with Crippen LogP contribution in [0.3, 0.4) is 0 Å². The zero-order valence-electron chi connectivity index (χ0n) is 17.4. The molecule has 0 bridgehead atoms. The lowest BCUT2D eigenvalue weighted by Gasteiger charge is -2.16. The molecule has 1 heterocycles. The lowest BCUT2D eigenvalue weighted by atomic mass is 9.99. The Bertz CT molecular complexity index is 1020. The van der Waals surface area contributed by atoms with Crippen LogP contribution in [0, 0.1) is 5.92 Å². The monoisotopic (exact) mass is 424 g/mol. The second-order valence-electron chi connectivity index (χ2n) is 7.83. The number of fused-ring (bicyclic) bond motifs is 1. The van der Waals surface area contributed by atoms with Crippen LogP contribution >= 0.6 is 11.3 Å². The zero-order valence-corrected chi connectivity index (χ0v) is 18.2. The van der Waals surface area contributed by atoms with E-state index in [0.717, 1.165) is 39.3 Å². The van der Waals surface area contributed by atoms with Gasteiger partial charge in [-0.15, -0.1) is 0 Å². The first-order valence-corrected chi connectivity index (χ1v) is 11.5. The highest BCUT2D eigenvalue weighted by atomic mass is 32.1. The van der Waals surface area contributed by atoms with Crippen molar-refractivity contribution in [2.24, 2.45) is 5.92 Å². The second kappa shape index (κ2) is 9.47. The molecule has 5 nitrogen and oxygen atoms in total. The van der Waals surface area contributed by atoms with Crippen molar-refractivity contribution in [2.75, 3.05) is 18.9 Å². The van der Waals surface area contributed by atoms with E-state index in [4.69, 9.17) is 15.2 Å². The van der Waals surface area contributed by atoms with Gasteiger partial charge in [-0.2, -0.15) is 0 Å². The topological polar surface area (TPSA) is 74.4 Å². The number of rotatable bonds is 8. The Labute approximate surface area is 181 Å². The van der Waals surface area contributed by atoms with E-state index in [2.05, 4.69) is 29.2 Å². The molecule has 3 aromatic rings. The molecule has 30 heavy (non-hydrogen) atoms. The van der Waals surface area contributed by atoms with Crippen LogP contribution < -0.4 is 10.5 Å². The highest BCUT2D eigenvalue weighted by Gasteiger charge is 2.17. The molecule has 158 valence electrons. The third kappa shape index (κ3) is 4.93. The minimum atomic E-state index is -0.165. The van der Waals surface area contributed by atoms with Gasteiger partial charge in [-0.05, 0) is 67.5 Å². The lowest BCUT2D eigenvalue weighted by molar-refractivity contribution is -0.143. The van der Waals surface area contributed by atoms with Crippen molar-refractivity contribution < 1.29 is 14.3 Å². The number of nitrogens with two attached hydrogens (primary N) is 1. The van der Waals surface area contributed by atoms with Crippen molar-refractivity contribution >= 4 is 32.7 Å². The largest absolute Gasteiger partial charge is 0.493 e. The molecule has 1 fully saturated rings. The maximum Gasteiger partial charge on any atom is 0.306 e. The average molecular weight is 425 g/mol. The van der Waals surface area contributed by atoms with E-state index in [0.29, 0.717) is 30.5 Å². The highest BCUT2D eigenvalue weighted by Crippen LogP contribution is 2.36. The first-order valence-electron chi connectivity index (χ1n) is 10.7. The summed E-state index contributed by atoms with van der Waals surface area (Å²) in [6.45, 7) is 3.00. The number of esters is 1. The first kappa shape index (κ1) is 20.7. The molecular formula is C24H28N2O3S. The molecular weight excluding hydrogens is 396 g/mol. The average Bonchev–Trinajstić information content (AvgIpc) is 3.39. The van der Waals surface area contributed by atoms with E-state index in [1.807, 2.05) is 19.1 Å². The predicted molar refractivity (Wildman–Crippen MR) is 122 cm³/mol. The minimum absolute atomic E-state index is 0.165. The van der Waals surface area contributed by atoms with Gasteiger partial charge in [0.1, 0.15) is 5.75 Å². The minimum Gasteiger partial charge on any atom is -0.493 e. The number of carbonyl (C=O) groups is 1. The maximum absolute atomic E-state index is 11.8. The standard InChI is InChI=1S/C24H28N2O3S/c1-2-28-23(27)12-8-16-7-11-21(29-15-17-5-3-4-6-17)19(13-16)18-9-10-20-22(14-18)30-24(25)26-20/h7,9-11,13-14,17H,2-6,8,12,15H2,1H3,(H2,25,26). The van der Waals surface area contributed by atoms with Gasteiger partial charge >= 0.3 is 5.97 Å². The van der Waals surface area contributed by atoms with Crippen LogP contribution in [0.5, 0.6) is 5.75 Å². The van der Waals surface area contributed by atoms with Crippen molar-refractivity contribution in [3.8, 4) is 16.9 Å². The van der Waals surface area contributed by atoms with Crippen LogP contribution in [-0.2, 0) is 16.0 Å². The fourth-order valence-electron chi connectivity index (χ4n) is 4.06. The van der Waals surface area contributed by atoms with Gasteiger partial charge in [0.2, 0.25) is 0 Å². The van der Waals surface area contributed by atoms with Gasteiger partial charge in [-0.1, -0.05) is 36.3 Å². The zero-order chi connectivity index (χ0) is 20.9. The summed E-state index contributed by atoms with van der Waals surface area (Å²) in [6, 6.07) is 12.4. The highest BCUT2D eigenvalue weighted by molar-refractivity contribution is 7.22. The smallest absolute Gasteiger partial charge is 0.306 e. The second-order valence-corrected chi connectivity index (χ2v) is 8.89. The van der Waals surface area contributed by atoms with Crippen LogP contribution in [-0.4, -0.2) is 24.2 Å². The summed E-state index contributed by atoms with van der Waals surface area (Å²) >= 11 is 1.49. The van der Waals surface area contributed by atoms with E-state index >= 15 is 0 Å². The van der Waals surface area contributed by atoms with Gasteiger partial charge in [0.15, 0.2) is 5.13 Å². The van der Waals surface area contributed by atoms with Crippen LogP contribution in [0.4, 0.5) is 5.13 Å². The van der Waals surface area contributed by atoms with Crippen LogP contribution in [0.1, 0.15) is 44.6 Å². The predicted octanol–water partition coefficient (Wildman–Crippen LogP) is 5.61. The van der Waals surface area contributed by atoms with E-state index in [1.54, 1.807) is 0 Å². The number of aryl methyl sites for hydroxylation is 1. The molecule has 1 aliphatic carbocycles. The Kier molecular flexibility index (Phi) is 6.53. The Morgan fingerprint density at radius 3 is 2.83 bits per heavy atom.